The van der Waals surface area contributed by atoms with Gasteiger partial charge in [-0.05, 0) is 65.3 Å². The van der Waals surface area contributed by atoms with E-state index in [-0.39, 0.29) is 48.1 Å². The lowest BCUT2D eigenvalue weighted by Gasteiger charge is -2.20. The Kier molecular flexibility index (Phi) is 13.0. The molecule has 0 atom stereocenters. The number of benzene rings is 1. The molecule has 0 saturated carbocycles. The van der Waals surface area contributed by atoms with Crippen LogP contribution in [-0.4, -0.2) is 57.8 Å². The van der Waals surface area contributed by atoms with Crippen LogP contribution >= 0.6 is 24.0 Å². The predicted molar refractivity (Wildman–Crippen MR) is 137 cm³/mol. The second kappa shape index (κ2) is 13.7. The van der Waals surface area contributed by atoms with Gasteiger partial charge in [0.25, 0.3) is 0 Å². The van der Waals surface area contributed by atoms with Gasteiger partial charge < -0.3 is 20.7 Å². The molecule has 4 N–H and O–H groups in total. The fourth-order valence-electron chi connectivity index (χ4n) is 2.33. The molecule has 0 aliphatic rings. The third-order valence-corrected chi connectivity index (χ3v) is 4.12. The molecule has 0 unspecified atom stereocenters. The maximum atomic E-state index is 12.1. The van der Waals surface area contributed by atoms with Crippen LogP contribution in [0.15, 0.2) is 29.3 Å². The van der Waals surface area contributed by atoms with Crippen molar-refractivity contribution in [2.45, 2.75) is 52.7 Å². The van der Waals surface area contributed by atoms with Crippen molar-refractivity contribution < 1.29 is 17.9 Å². The molecule has 0 saturated heterocycles. The summed E-state index contributed by atoms with van der Waals surface area (Å²) in [5.74, 6) is 0.998. The summed E-state index contributed by atoms with van der Waals surface area (Å²) >= 11 is 0. The third kappa shape index (κ3) is 15.8. The molecule has 1 aromatic rings. The highest BCUT2D eigenvalue weighted by Crippen LogP contribution is 2.16. The maximum absolute atomic E-state index is 12.1. The maximum Gasteiger partial charge on any atom is 0.242 e. The van der Waals surface area contributed by atoms with Gasteiger partial charge in [0.05, 0.1) is 12.4 Å². The predicted octanol–water partition coefficient (Wildman–Crippen LogP) is 2.30. The van der Waals surface area contributed by atoms with E-state index in [1.54, 1.807) is 0 Å². The van der Waals surface area contributed by atoms with Crippen LogP contribution in [0.25, 0.3) is 0 Å². The van der Waals surface area contributed by atoms with E-state index < -0.39 is 10.0 Å². The fraction of sp³-hybridized carbons (Fsp3) is 0.600. The van der Waals surface area contributed by atoms with Gasteiger partial charge >= 0.3 is 0 Å². The lowest BCUT2D eigenvalue weighted by molar-refractivity contribution is -0.121. The lowest BCUT2D eigenvalue weighted by atomic mass is 10.1. The Hall–Kier alpha value is -1.60. The van der Waals surface area contributed by atoms with Crippen molar-refractivity contribution in [3.05, 3.63) is 24.3 Å². The number of ether oxygens (including phenoxy) is 1. The summed E-state index contributed by atoms with van der Waals surface area (Å²) in [5, 5.41) is 9.12. The first-order valence-corrected chi connectivity index (χ1v) is 11.8. The number of nitrogens with zero attached hydrogens (tertiary/aromatic N) is 1. The minimum absolute atomic E-state index is 0. The van der Waals surface area contributed by atoms with E-state index in [1.165, 1.54) is 0 Å². The smallest absolute Gasteiger partial charge is 0.242 e. The van der Waals surface area contributed by atoms with Gasteiger partial charge in [0.1, 0.15) is 12.3 Å². The second-order valence-corrected chi connectivity index (χ2v) is 10.1. The number of hydrogen-bond donors (Lipinski definition) is 4. The van der Waals surface area contributed by atoms with Crippen LogP contribution < -0.4 is 25.4 Å². The molecule has 0 aliphatic carbocycles. The molecule has 11 heteroatoms. The summed E-state index contributed by atoms with van der Waals surface area (Å²) in [7, 11) is -3.21. The molecule has 0 fully saturated rings. The molecule has 1 amide bonds. The molecule has 1 aromatic carbocycles. The highest BCUT2D eigenvalue weighted by Gasteiger charge is 2.13. The molecule has 0 aromatic heterocycles. The monoisotopic (exact) mass is 569 g/mol. The van der Waals surface area contributed by atoms with E-state index in [9.17, 15) is 13.2 Å². The van der Waals surface area contributed by atoms with Crippen LogP contribution in [0.3, 0.4) is 0 Å². The zero-order valence-electron chi connectivity index (χ0n) is 19.1. The molecular weight excluding hydrogens is 533 g/mol. The molecule has 0 bridgehead atoms. The summed E-state index contributed by atoms with van der Waals surface area (Å²) in [5.41, 5.74) is 0.444. The zero-order chi connectivity index (χ0) is 22.8. The number of hydrogen-bond acceptors (Lipinski definition) is 5. The summed E-state index contributed by atoms with van der Waals surface area (Å²) in [6.45, 7) is 10.4. The number of amides is 1. The van der Waals surface area contributed by atoms with Crippen LogP contribution in [0, 0.1) is 0 Å². The van der Waals surface area contributed by atoms with E-state index >= 15 is 0 Å². The number of aliphatic imine (C=N–C) groups is 1. The van der Waals surface area contributed by atoms with Crippen molar-refractivity contribution in [3.63, 3.8) is 0 Å². The third-order valence-electron chi connectivity index (χ3n) is 3.39. The Balaban J connectivity index is 0.00000900. The average Bonchev–Trinajstić information content (AvgIpc) is 2.57. The van der Waals surface area contributed by atoms with Crippen LogP contribution in [0.4, 0.5) is 5.69 Å². The van der Waals surface area contributed by atoms with Gasteiger partial charge in [0.2, 0.25) is 15.9 Å². The van der Waals surface area contributed by atoms with Crippen molar-refractivity contribution in [2.75, 3.05) is 31.2 Å². The highest BCUT2D eigenvalue weighted by molar-refractivity contribution is 14.0. The lowest BCUT2D eigenvalue weighted by Crippen LogP contribution is -2.42. The van der Waals surface area contributed by atoms with Crippen LogP contribution in [0.5, 0.6) is 5.75 Å². The number of nitrogens with one attached hydrogen (secondary N) is 4. The normalized spacial score (nSPS) is 12.2. The van der Waals surface area contributed by atoms with Gasteiger partial charge in [-0.25, -0.2) is 18.1 Å². The molecule has 0 aliphatic heterocycles. The van der Waals surface area contributed by atoms with E-state index in [4.69, 9.17) is 4.74 Å². The Morgan fingerprint density at radius 1 is 1.13 bits per heavy atom. The fourth-order valence-corrected chi connectivity index (χ4v) is 2.84. The quantitative estimate of drug-likeness (QED) is 0.149. The zero-order valence-corrected chi connectivity index (χ0v) is 22.3. The number of carbonyl (C=O) groups is 1. The Labute approximate surface area is 203 Å². The Morgan fingerprint density at radius 3 is 2.26 bits per heavy atom. The standard InChI is InChI=1S/C20H35N5O4S.HI/c1-15(2)29-17-10-8-16(9-11-17)24-19(21-12-7-13-23-30(6,27)28)22-14-18(26)25-20(3,4)5;/h8-11,15,23H,7,12-14H2,1-6H3,(H,25,26)(H2,21,22,24);1H. The summed E-state index contributed by atoms with van der Waals surface area (Å²) in [6, 6.07) is 7.41. The molecule has 31 heavy (non-hydrogen) atoms. The van der Waals surface area contributed by atoms with Crippen LogP contribution in [-0.2, 0) is 14.8 Å². The minimum atomic E-state index is -3.21. The molecule has 178 valence electrons. The summed E-state index contributed by atoms with van der Waals surface area (Å²) < 4.78 is 30.3. The van der Waals surface area contributed by atoms with E-state index in [0.29, 0.717) is 25.5 Å². The van der Waals surface area contributed by atoms with E-state index in [0.717, 1.165) is 17.7 Å². The van der Waals surface area contributed by atoms with E-state index in [1.807, 2.05) is 58.9 Å². The van der Waals surface area contributed by atoms with Gasteiger partial charge in [-0.2, -0.15) is 0 Å². The Bertz CT molecular complexity index is 806. The second-order valence-electron chi connectivity index (χ2n) is 8.23. The highest BCUT2D eigenvalue weighted by atomic mass is 127. The first kappa shape index (κ1) is 29.4. The number of carbonyl (C=O) groups excluding carboxylic acids is 1. The number of rotatable bonds is 10. The number of sulfonamides is 1. The largest absolute Gasteiger partial charge is 0.491 e. The van der Waals surface area contributed by atoms with Crippen molar-refractivity contribution >= 4 is 51.6 Å². The first-order chi connectivity index (χ1) is 13.8. The van der Waals surface area contributed by atoms with Gasteiger partial charge in [0, 0.05) is 24.3 Å². The molecule has 0 radical (unpaired) electrons. The van der Waals surface area contributed by atoms with Gasteiger partial charge in [-0.15, -0.1) is 24.0 Å². The summed E-state index contributed by atoms with van der Waals surface area (Å²) in [4.78, 5) is 16.4. The number of guanidine groups is 1. The molecule has 0 spiro atoms. The number of halogens is 1. The molecular formula is C20H36IN5O4S. The first-order valence-electron chi connectivity index (χ1n) is 9.92. The number of anilines is 1. The Morgan fingerprint density at radius 2 is 1.74 bits per heavy atom. The van der Waals surface area contributed by atoms with Crippen LogP contribution in [0.1, 0.15) is 41.0 Å². The molecule has 9 nitrogen and oxygen atoms in total. The average molecular weight is 570 g/mol. The topological polar surface area (TPSA) is 121 Å². The molecule has 1 rings (SSSR count). The van der Waals surface area contributed by atoms with Crippen LogP contribution in [0.2, 0.25) is 0 Å². The van der Waals surface area contributed by atoms with Crippen molar-refractivity contribution in [3.8, 4) is 5.75 Å². The SMILES string of the molecule is CC(C)Oc1ccc(NC(=NCC(=O)NC(C)(C)C)NCCCNS(C)(=O)=O)cc1.I. The minimum Gasteiger partial charge on any atom is -0.491 e. The summed E-state index contributed by atoms with van der Waals surface area (Å²) in [6.07, 6.45) is 1.77. The van der Waals surface area contributed by atoms with Gasteiger partial charge in [-0.3, -0.25) is 4.79 Å². The van der Waals surface area contributed by atoms with E-state index in [2.05, 4.69) is 25.7 Å². The molecule has 0 heterocycles. The van der Waals surface area contributed by atoms with Crippen molar-refractivity contribution in [2.24, 2.45) is 4.99 Å². The van der Waals surface area contributed by atoms with Crippen molar-refractivity contribution in [1.29, 1.82) is 0 Å². The van der Waals surface area contributed by atoms with Gasteiger partial charge in [0.15, 0.2) is 5.96 Å². The van der Waals surface area contributed by atoms with Gasteiger partial charge in [-0.1, -0.05) is 0 Å². The van der Waals surface area contributed by atoms with Crippen molar-refractivity contribution in [1.82, 2.24) is 15.4 Å².